The summed E-state index contributed by atoms with van der Waals surface area (Å²) in [6.07, 6.45) is 2.71. The maximum absolute atomic E-state index is 9.88. The summed E-state index contributed by atoms with van der Waals surface area (Å²) in [4.78, 5) is 4.26. The molecule has 5 heteroatoms. The average Bonchev–Trinajstić information content (AvgIpc) is 2.28. The zero-order valence-corrected chi connectivity index (χ0v) is 11.7. The second-order valence-electron chi connectivity index (χ2n) is 3.54. The fourth-order valence-electron chi connectivity index (χ4n) is 1.59. The van der Waals surface area contributed by atoms with Crippen LogP contribution < -0.4 is 0 Å². The van der Waals surface area contributed by atoms with Gasteiger partial charge in [-0.25, -0.2) is 4.98 Å². The Kier molecular flexibility index (Phi) is 3.44. The van der Waals surface area contributed by atoms with Crippen molar-refractivity contribution in [3.63, 3.8) is 0 Å². The lowest BCUT2D eigenvalue weighted by molar-refractivity contribution is 0.476. The second-order valence-corrected chi connectivity index (χ2v) is 5.08. The molecule has 0 amide bonds. The van der Waals surface area contributed by atoms with Crippen LogP contribution in [0, 0.1) is 8.21 Å². The first kappa shape index (κ1) is 11.8. The van der Waals surface area contributed by atoms with E-state index >= 15 is 0 Å². The van der Waals surface area contributed by atoms with E-state index in [9.17, 15) is 5.11 Å². The van der Waals surface area contributed by atoms with Crippen molar-refractivity contribution < 1.29 is 5.11 Å². The highest BCUT2D eigenvalue weighted by atomic mass is 127. The first-order valence-electron chi connectivity index (χ1n) is 5.01. The third kappa shape index (κ3) is 1.93. The molecular formula is C11H11IN2OS. The molecule has 1 aromatic heterocycles. The van der Waals surface area contributed by atoms with E-state index < -0.39 is 0 Å². The molecule has 0 spiro atoms. The molecule has 1 aromatic carbocycles. The second kappa shape index (κ2) is 4.67. The van der Waals surface area contributed by atoms with E-state index in [0.717, 1.165) is 26.6 Å². The third-order valence-electron chi connectivity index (χ3n) is 2.38. The quantitative estimate of drug-likeness (QED) is 0.668. The van der Waals surface area contributed by atoms with Gasteiger partial charge in [-0.15, -0.1) is 0 Å². The molecule has 0 aliphatic heterocycles. The summed E-state index contributed by atoms with van der Waals surface area (Å²) in [5.74, 6) is 0.216. The van der Waals surface area contributed by atoms with Crippen LogP contribution in [0.2, 0.25) is 0 Å². The normalized spacial score (nSPS) is 10.9. The number of aromatic hydroxyl groups is 1. The molecule has 2 aromatic rings. The zero-order chi connectivity index (χ0) is 11.7. The van der Waals surface area contributed by atoms with Crippen molar-refractivity contribution in [2.45, 2.75) is 19.9 Å². The summed E-state index contributed by atoms with van der Waals surface area (Å²) >= 11 is 7.45. The molecule has 0 atom stereocenters. The highest BCUT2D eigenvalue weighted by molar-refractivity contribution is 14.1. The lowest BCUT2D eigenvalue weighted by Crippen LogP contribution is -2.01. The number of hydrogen-bond acceptors (Lipinski definition) is 3. The maximum Gasteiger partial charge on any atom is 0.155 e. The van der Waals surface area contributed by atoms with Gasteiger partial charge >= 0.3 is 0 Å². The van der Waals surface area contributed by atoms with Crippen molar-refractivity contribution in [3.8, 4) is 5.75 Å². The van der Waals surface area contributed by atoms with Gasteiger partial charge in [0.15, 0.2) is 5.75 Å². The summed E-state index contributed by atoms with van der Waals surface area (Å²) in [5, 5.41) is 10.7. The summed E-state index contributed by atoms with van der Waals surface area (Å²) in [5.41, 5.74) is 0.587. The van der Waals surface area contributed by atoms with Crippen LogP contribution in [0.3, 0.4) is 0 Å². The minimum atomic E-state index is 0.216. The van der Waals surface area contributed by atoms with Crippen LogP contribution in [-0.4, -0.2) is 14.7 Å². The van der Waals surface area contributed by atoms with Crippen LogP contribution in [0.15, 0.2) is 18.5 Å². The van der Waals surface area contributed by atoms with E-state index in [4.69, 9.17) is 12.2 Å². The SMILES string of the molecule is CCCn1cnc2c(O)c(I)ccc2c1=S. The fraction of sp³-hybridized carbons (Fsp3) is 0.273. The maximum atomic E-state index is 9.88. The van der Waals surface area contributed by atoms with Gasteiger partial charge in [-0.2, -0.15) is 0 Å². The number of hydrogen-bond donors (Lipinski definition) is 1. The topological polar surface area (TPSA) is 38.0 Å². The Balaban J connectivity index is 2.77. The molecule has 1 heterocycles. The number of nitrogens with zero attached hydrogens (tertiary/aromatic N) is 2. The molecule has 0 fully saturated rings. The number of halogens is 1. The van der Waals surface area contributed by atoms with E-state index in [1.807, 2.05) is 16.7 Å². The number of rotatable bonds is 2. The van der Waals surface area contributed by atoms with E-state index in [1.54, 1.807) is 6.33 Å². The van der Waals surface area contributed by atoms with Crippen molar-refractivity contribution in [1.82, 2.24) is 9.55 Å². The number of phenolic OH excluding ortho intramolecular Hbond substituents is 1. The number of aromatic nitrogens is 2. The van der Waals surface area contributed by atoms with E-state index in [-0.39, 0.29) is 5.75 Å². The summed E-state index contributed by atoms with van der Waals surface area (Å²) in [7, 11) is 0. The Morgan fingerprint density at radius 2 is 2.25 bits per heavy atom. The largest absolute Gasteiger partial charge is 0.505 e. The van der Waals surface area contributed by atoms with Gasteiger partial charge in [0.2, 0.25) is 0 Å². The molecule has 16 heavy (non-hydrogen) atoms. The first-order valence-corrected chi connectivity index (χ1v) is 6.50. The zero-order valence-electron chi connectivity index (χ0n) is 8.77. The Bertz CT molecular complexity index is 594. The Morgan fingerprint density at radius 1 is 1.50 bits per heavy atom. The van der Waals surface area contributed by atoms with Crippen molar-refractivity contribution in [1.29, 1.82) is 0 Å². The molecule has 0 radical (unpaired) electrons. The minimum Gasteiger partial charge on any atom is -0.505 e. The van der Waals surface area contributed by atoms with Crippen molar-refractivity contribution >= 4 is 45.7 Å². The number of benzene rings is 1. The lowest BCUT2D eigenvalue weighted by atomic mass is 10.2. The molecule has 1 N–H and O–H groups in total. The van der Waals surface area contributed by atoms with E-state index in [2.05, 4.69) is 34.5 Å². The molecule has 0 aliphatic carbocycles. The molecule has 3 nitrogen and oxygen atoms in total. The van der Waals surface area contributed by atoms with Gasteiger partial charge in [0.25, 0.3) is 0 Å². The summed E-state index contributed by atoms with van der Waals surface area (Å²) in [6, 6.07) is 3.77. The standard InChI is InChI=1S/C11H11IN2OS/c1-2-5-14-6-13-9-7(11(14)16)3-4-8(12)10(9)15/h3-4,6,15H,2,5H2,1H3. The third-order valence-corrected chi connectivity index (χ3v) is 3.71. The van der Waals surface area contributed by atoms with Crippen LogP contribution in [0.25, 0.3) is 10.9 Å². The average molecular weight is 346 g/mol. The van der Waals surface area contributed by atoms with Crippen molar-refractivity contribution in [3.05, 3.63) is 26.7 Å². The first-order chi connectivity index (χ1) is 7.65. The van der Waals surface area contributed by atoms with Gasteiger partial charge in [-0.3, -0.25) is 0 Å². The highest BCUT2D eigenvalue weighted by Gasteiger charge is 2.07. The highest BCUT2D eigenvalue weighted by Crippen LogP contribution is 2.28. The van der Waals surface area contributed by atoms with Crippen LogP contribution in [0.5, 0.6) is 5.75 Å². The van der Waals surface area contributed by atoms with Gasteiger partial charge in [0.05, 0.1) is 9.90 Å². The van der Waals surface area contributed by atoms with Gasteiger partial charge in [0.1, 0.15) is 10.2 Å². The molecule has 0 unspecified atom stereocenters. The van der Waals surface area contributed by atoms with Crippen molar-refractivity contribution in [2.24, 2.45) is 0 Å². The Labute approximate surface area is 112 Å². The van der Waals surface area contributed by atoms with E-state index in [0.29, 0.717) is 5.52 Å². The smallest absolute Gasteiger partial charge is 0.155 e. The van der Waals surface area contributed by atoms with Crippen LogP contribution >= 0.6 is 34.8 Å². The molecule has 0 aliphatic rings. The number of fused-ring (bicyclic) bond motifs is 1. The number of phenols is 1. The van der Waals surface area contributed by atoms with Gasteiger partial charge in [-0.05, 0) is 41.1 Å². The molecule has 0 bridgehead atoms. The van der Waals surface area contributed by atoms with Gasteiger partial charge < -0.3 is 9.67 Å². The number of aryl methyl sites for hydroxylation is 1. The van der Waals surface area contributed by atoms with Crippen LogP contribution in [0.1, 0.15) is 13.3 Å². The molecular weight excluding hydrogens is 335 g/mol. The molecule has 2 rings (SSSR count). The summed E-state index contributed by atoms with van der Waals surface area (Å²) < 4.78 is 3.46. The molecule has 0 saturated carbocycles. The Morgan fingerprint density at radius 3 is 2.94 bits per heavy atom. The predicted octanol–water partition coefficient (Wildman–Crippen LogP) is 3.49. The van der Waals surface area contributed by atoms with Crippen LogP contribution in [0.4, 0.5) is 0 Å². The molecule has 0 saturated heterocycles. The minimum absolute atomic E-state index is 0.216. The molecule has 84 valence electrons. The van der Waals surface area contributed by atoms with E-state index in [1.165, 1.54) is 0 Å². The van der Waals surface area contributed by atoms with Crippen LogP contribution in [-0.2, 0) is 6.54 Å². The summed E-state index contributed by atoms with van der Waals surface area (Å²) in [6.45, 7) is 2.95. The van der Waals surface area contributed by atoms with Gasteiger partial charge in [0, 0.05) is 11.9 Å². The van der Waals surface area contributed by atoms with Crippen molar-refractivity contribution in [2.75, 3.05) is 0 Å². The van der Waals surface area contributed by atoms with Gasteiger partial charge in [-0.1, -0.05) is 19.1 Å². The Hall–Kier alpha value is -0.690. The lowest BCUT2D eigenvalue weighted by Gasteiger charge is -2.08. The fourth-order valence-corrected chi connectivity index (χ4v) is 2.33. The monoisotopic (exact) mass is 346 g/mol. The predicted molar refractivity (Wildman–Crippen MR) is 75.2 cm³/mol.